The van der Waals surface area contributed by atoms with Crippen LogP contribution in [0.2, 0.25) is 0 Å². The van der Waals surface area contributed by atoms with E-state index in [1.165, 1.54) is 38.1 Å². The van der Waals surface area contributed by atoms with Crippen LogP contribution in [-0.2, 0) is 110 Å². The number of aldehydes is 8. The van der Waals surface area contributed by atoms with Crippen molar-refractivity contribution in [3.8, 4) is 0 Å². The summed E-state index contributed by atoms with van der Waals surface area (Å²) in [6.45, 7) is 18.8. The van der Waals surface area contributed by atoms with Crippen molar-refractivity contribution >= 4 is 80.5 Å². The normalized spacial score (nSPS) is 9.72. The van der Waals surface area contributed by atoms with Gasteiger partial charge >= 0.3 is 17.9 Å². The van der Waals surface area contributed by atoms with Gasteiger partial charge in [-0.2, -0.15) is 0 Å². The summed E-state index contributed by atoms with van der Waals surface area (Å²) >= 11 is 0. The van der Waals surface area contributed by atoms with E-state index in [4.69, 9.17) is 68.2 Å². The van der Waals surface area contributed by atoms with Gasteiger partial charge in [0.2, 0.25) is 0 Å². The van der Waals surface area contributed by atoms with E-state index < -0.39 is 0 Å². The highest BCUT2D eigenvalue weighted by molar-refractivity contribution is 5.91. The van der Waals surface area contributed by atoms with Crippen LogP contribution in [0.25, 0.3) is 0 Å². The van der Waals surface area contributed by atoms with Crippen LogP contribution in [-0.4, -0.2) is 107 Å². The average molecular weight is 1470 g/mol. The number of rotatable bonds is 35. The number of carbonyl (C=O) groups is 13. The van der Waals surface area contributed by atoms with Gasteiger partial charge in [-0.15, -0.1) is 0 Å². The fourth-order valence-corrected chi connectivity index (χ4v) is 6.96. The van der Waals surface area contributed by atoms with Crippen LogP contribution in [0.4, 0.5) is 0 Å². The van der Waals surface area contributed by atoms with Gasteiger partial charge in [0.1, 0.15) is 105 Å². The minimum Gasteiger partial charge on any atom is -0.460 e. The van der Waals surface area contributed by atoms with Crippen molar-refractivity contribution in [3.05, 3.63) is 213 Å². The number of Topliss-reactive ketones (excluding diaryl/α,β-unsaturated/α-hetero) is 1. The molecule has 30 heteroatoms. The molecule has 105 heavy (non-hydrogen) atoms. The largest absolute Gasteiger partial charge is 0.460 e. The lowest BCUT2D eigenvalue weighted by molar-refractivity contribution is -0.146. The van der Waals surface area contributed by atoms with Gasteiger partial charge in [0.15, 0.2) is 108 Å². The number of unbranched alkanes of at least 4 members (excludes halogenated alkanes) is 1. The second-order valence-electron chi connectivity index (χ2n) is 20.5. The SMILES string of the molecule is CC(=O)OCc1ccc(C=O)o1.CC(=O)c1ccc(C)o1.CCC(=O)OCc1ccc(C=O)o1.CCCC(=O)OCc1ccc(C=O)o1.CCCCOCc1ccc(C=O)o1.CCCOCc1ccc(C=O)o1.CCOCc1ccc(C=O)o1.COCc1ccc(C=O)o1.O=COCc1ccc(C=O)o1. The third kappa shape index (κ3) is 43.6. The summed E-state index contributed by atoms with van der Waals surface area (Å²) < 4.78 is 84.1. The van der Waals surface area contributed by atoms with Gasteiger partial charge in [0.25, 0.3) is 6.47 Å². The zero-order chi connectivity index (χ0) is 77.8. The van der Waals surface area contributed by atoms with Crippen LogP contribution in [0.5, 0.6) is 0 Å². The molecule has 0 aromatic carbocycles. The minimum atomic E-state index is -0.376. The minimum absolute atomic E-state index is 0.0249. The van der Waals surface area contributed by atoms with Crippen molar-refractivity contribution in [2.45, 2.75) is 147 Å². The first kappa shape index (κ1) is 91.3. The summed E-state index contributed by atoms with van der Waals surface area (Å²) in [5.41, 5.74) is 0. The number of carbonyl (C=O) groups excluding carboxylic acids is 13. The van der Waals surface area contributed by atoms with E-state index in [1.807, 2.05) is 27.7 Å². The predicted octanol–water partition coefficient (Wildman–Crippen LogP) is 14.5. The molecule has 9 aromatic heterocycles. The Morgan fingerprint density at radius 1 is 0.352 bits per heavy atom. The summed E-state index contributed by atoms with van der Waals surface area (Å²) in [5, 5.41) is 0. The Labute approximate surface area is 604 Å². The number of furan rings is 9. The maximum atomic E-state index is 11.0. The fraction of sp³-hybridized carbons (Fsp3) is 0.347. The fourth-order valence-electron chi connectivity index (χ4n) is 6.96. The molecule has 0 aliphatic heterocycles. The second-order valence-corrected chi connectivity index (χ2v) is 20.5. The smallest absolute Gasteiger partial charge is 0.306 e. The molecule has 568 valence electrons. The Morgan fingerprint density at radius 2 is 0.686 bits per heavy atom. The molecule has 0 unspecified atom stereocenters. The molecule has 0 aliphatic carbocycles. The molecule has 0 bridgehead atoms. The van der Waals surface area contributed by atoms with Gasteiger partial charge in [0, 0.05) is 53.6 Å². The van der Waals surface area contributed by atoms with E-state index in [0.29, 0.717) is 178 Å². The molecular weight excluding hydrogens is 1380 g/mol. The molecule has 30 nitrogen and oxygen atoms in total. The number of hydrogen-bond acceptors (Lipinski definition) is 30. The van der Waals surface area contributed by atoms with Crippen LogP contribution >= 0.6 is 0 Å². The zero-order valence-corrected chi connectivity index (χ0v) is 59.9. The maximum absolute atomic E-state index is 11.0. The molecule has 0 spiro atoms. The molecule has 0 N–H and O–H groups in total. The van der Waals surface area contributed by atoms with E-state index in [-0.39, 0.29) is 73.2 Å². The molecule has 0 radical (unpaired) electrons. The van der Waals surface area contributed by atoms with E-state index >= 15 is 0 Å². The van der Waals surface area contributed by atoms with E-state index in [0.717, 1.165) is 44.7 Å². The van der Waals surface area contributed by atoms with Gasteiger partial charge < -0.3 is 77.6 Å². The first-order valence-corrected chi connectivity index (χ1v) is 32.4. The van der Waals surface area contributed by atoms with Crippen LogP contribution in [0, 0.1) is 6.92 Å². The first-order chi connectivity index (χ1) is 50.8. The van der Waals surface area contributed by atoms with Crippen LogP contribution in [0.3, 0.4) is 0 Å². The average Bonchev–Trinajstić information content (AvgIpc) is 1.72. The van der Waals surface area contributed by atoms with Crippen LogP contribution < -0.4 is 0 Å². The van der Waals surface area contributed by atoms with Crippen molar-refractivity contribution in [1.82, 2.24) is 0 Å². The summed E-state index contributed by atoms with van der Waals surface area (Å²) in [5.74, 6) is 7.26. The molecule has 0 aliphatic rings. The van der Waals surface area contributed by atoms with Crippen molar-refractivity contribution < 1.29 is 140 Å². The Bertz CT molecular complexity index is 3880. The standard InChI is InChI=1S/C10H12O4.C10H14O3.C9H10O4.C9H12O3.C8H8O4.C8H10O3.C7H6O4.C7H8O3.C7H8O2/c1-2-3-10(12)13-7-9-5-4-8(6-11)14-9;1-2-3-6-12-8-10-5-4-9(7-11)13-10;1-2-9(11)12-6-8-4-3-7(5-10)13-8;1-2-5-11-7-9-4-3-8(6-10)12-9;1-6(10)11-5-8-3-2-7(4-9)12-8;1-2-10-6-8-4-3-7(5-9)11-8;8-3-6-1-2-7(11-6)4-10-5-9;1-9-5-7-3-2-6(4-8)10-7;1-5-3-4-7(9-5)6(2)8/h4-6H,2-3,7H2,1H3;4-5,7H,2-3,6,8H2,1H3;3-5H,2,6H2,1H3;3-4,6H,2,5,7H2,1H3;2-4H,5H2,1H3;3-5H,2,6H2,1H3;1-3,5H,4H2;2-4H,5H2,1H3;3-4H,1-2H3. The number of esters is 3. The third-order valence-electron chi connectivity index (χ3n) is 11.9. The number of methoxy groups -OCH3 is 1. The van der Waals surface area contributed by atoms with Gasteiger partial charge in [-0.3, -0.25) is 62.3 Å². The van der Waals surface area contributed by atoms with Gasteiger partial charge in [-0.25, -0.2) is 0 Å². The maximum Gasteiger partial charge on any atom is 0.306 e. The van der Waals surface area contributed by atoms with Crippen molar-refractivity contribution in [2.24, 2.45) is 0 Å². The van der Waals surface area contributed by atoms with Gasteiger partial charge in [0.05, 0.1) is 0 Å². The Kier molecular flexibility index (Phi) is 50.3. The Hall–Kier alpha value is -11.7. The number of ketones is 1. The number of aryl methyl sites for hydroxylation is 1. The lowest BCUT2D eigenvalue weighted by atomic mass is 10.3. The topological polar surface area (TPSA) is 414 Å². The zero-order valence-electron chi connectivity index (χ0n) is 59.9. The Balaban J connectivity index is 0.000000592. The molecular formula is C75H88O30. The summed E-state index contributed by atoms with van der Waals surface area (Å²) in [7, 11) is 1.57. The van der Waals surface area contributed by atoms with Crippen LogP contribution in [0.15, 0.2) is 149 Å². The summed E-state index contributed by atoms with van der Waals surface area (Å²) in [4.78, 5) is 134. The number of ether oxygens (including phenoxy) is 8. The molecule has 0 fully saturated rings. The molecule has 0 saturated heterocycles. The molecule has 9 aromatic rings. The quantitative estimate of drug-likeness (QED) is 0.0117. The highest BCUT2D eigenvalue weighted by Gasteiger charge is 2.09. The lowest BCUT2D eigenvalue weighted by Gasteiger charge is -2.00. The number of hydrogen-bond donors (Lipinski definition) is 0. The van der Waals surface area contributed by atoms with E-state index in [1.54, 1.807) is 99.0 Å². The van der Waals surface area contributed by atoms with Crippen molar-refractivity contribution in [1.29, 1.82) is 0 Å². The molecule has 9 heterocycles. The van der Waals surface area contributed by atoms with Gasteiger partial charge in [-0.05, 0) is 142 Å². The van der Waals surface area contributed by atoms with E-state index in [9.17, 15) is 62.3 Å². The highest BCUT2D eigenvalue weighted by Crippen LogP contribution is 2.14. The Morgan fingerprint density at radius 3 is 0.952 bits per heavy atom. The molecule has 0 saturated carbocycles. The van der Waals surface area contributed by atoms with Crippen molar-refractivity contribution in [3.63, 3.8) is 0 Å². The van der Waals surface area contributed by atoms with Crippen molar-refractivity contribution in [2.75, 3.05) is 26.9 Å². The monoisotopic (exact) mass is 1470 g/mol. The summed E-state index contributed by atoms with van der Waals surface area (Å²) in [6, 6.07) is 29.4. The summed E-state index contributed by atoms with van der Waals surface area (Å²) in [6.07, 6.45) is 9.77. The molecule has 0 atom stereocenters. The highest BCUT2D eigenvalue weighted by atomic mass is 16.6. The van der Waals surface area contributed by atoms with E-state index in [2.05, 4.69) is 16.4 Å². The van der Waals surface area contributed by atoms with Gasteiger partial charge in [-0.1, -0.05) is 34.1 Å². The van der Waals surface area contributed by atoms with Crippen LogP contribution in [0.1, 0.15) is 234 Å². The third-order valence-corrected chi connectivity index (χ3v) is 11.9. The molecule has 9 rings (SSSR count). The second kappa shape index (κ2) is 57.8. The first-order valence-electron chi connectivity index (χ1n) is 32.4. The predicted molar refractivity (Wildman–Crippen MR) is 368 cm³/mol. The molecule has 0 amide bonds. The lowest BCUT2D eigenvalue weighted by Crippen LogP contribution is -2.02.